The molecule has 0 aromatic heterocycles. The second kappa shape index (κ2) is 7.08. The van der Waals surface area contributed by atoms with Gasteiger partial charge >= 0.3 is 0 Å². The van der Waals surface area contributed by atoms with E-state index in [2.05, 4.69) is 52.3 Å². The normalized spacial score (nSPS) is 14.4. The van der Waals surface area contributed by atoms with Crippen molar-refractivity contribution < 1.29 is 9.22 Å². The minimum Gasteiger partial charge on any atom is -0.395 e. The maximum atomic E-state index is 11.8. The number of hydrogen-bond acceptors (Lipinski definition) is 2. The maximum absolute atomic E-state index is 11.8. The molecule has 2 nitrogen and oxygen atoms in total. The van der Waals surface area contributed by atoms with Crippen LogP contribution < -0.4 is 0 Å². The van der Waals surface area contributed by atoms with Gasteiger partial charge in [0.1, 0.15) is 0 Å². The summed E-state index contributed by atoms with van der Waals surface area (Å²) in [6.45, 7) is 14.4. The van der Waals surface area contributed by atoms with Gasteiger partial charge in [-0.2, -0.15) is 0 Å². The first-order valence-corrected chi connectivity index (χ1v) is 10.4. The van der Waals surface area contributed by atoms with Gasteiger partial charge in [-0.25, -0.2) is 0 Å². The van der Waals surface area contributed by atoms with Gasteiger partial charge in [0.15, 0.2) is 20.2 Å². The van der Waals surface area contributed by atoms with E-state index in [0.29, 0.717) is 6.42 Å². The van der Waals surface area contributed by atoms with Crippen LogP contribution in [0.1, 0.15) is 32.8 Å². The molecule has 0 N–H and O–H groups in total. The van der Waals surface area contributed by atoms with Gasteiger partial charge in [0.05, 0.1) is 0 Å². The first-order valence-electron chi connectivity index (χ1n) is 7.51. The van der Waals surface area contributed by atoms with Crippen LogP contribution in [0, 0.1) is 11.8 Å². The van der Waals surface area contributed by atoms with Gasteiger partial charge in [-0.1, -0.05) is 56.9 Å². The van der Waals surface area contributed by atoms with Gasteiger partial charge in [0.2, 0.25) is 0 Å². The van der Waals surface area contributed by atoms with Crippen LogP contribution in [0.5, 0.6) is 0 Å². The summed E-state index contributed by atoms with van der Waals surface area (Å²) >= 11 is 0. The summed E-state index contributed by atoms with van der Waals surface area (Å²) in [6, 6.07) is 9.63. The lowest BCUT2D eigenvalue weighted by atomic mass is 10.0. The quantitative estimate of drug-likeness (QED) is 0.344. The number of hydrogen-bond donors (Lipinski definition) is 0. The number of carbonyl (C=O) groups is 1. The molecule has 1 rings (SSSR count). The van der Waals surface area contributed by atoms with E-state index in [4.69, 9.17) is 4.43 Å². The Labute approximate surface area is 135 Å². The number of aldehydes is 1. The molecule has 1 atom stereocenters. The molecule has 1 aromatic carbocycles. The first kappa shape index (κ1) is 18.4. The zero-order chi connectivity index (χ0) is 16.9. The minimum absolute atomic E-state index is 0.0108. The highest BCUT2D eigenvalue weighted by Gasteiger charge is 2.44. The van der Waals surface area contributed by atoms with E-state index in [1.165, 1.54) is 0 Å². The molecule has 3 heteroatoms. The summed E-state index contributed by atoms with van der Waals surface area (Å²) < 4.78 is 6.33. The SMILES string of the molecule is C=CCC(C#Cc1ccccc1)(C=O)O[Si](C)(C)C(C)(C)C. The summed E-state index contributed by atoms with van der Waals surface area (Å²) in [6.07, 6.45) is 2.91. The molecule has 1 unspecified atom stereocenters. The van der Waals surface area contributed by atoms with Gasteiger partial charge in [-0.05, 0) is 30.3 Å². The Hall–Kier alpha value is -1.63. The van der Waals surface area contributed by atoms with E-state index in [1.807, 2.05) is 30.3 Å². The summed E-state index contributed by atoms with van der Waals surface area (Å²) in [5, 5.41) is 0.0108. The predicted molar refractivity (Wildman–Crippen MR) is 95.2 cm³/mol. The average Bonchev–Trinajstić information content (AvgIpc) is 2.44. The lowest BCUT2D eigenvalue weighted by molar-refractivity contribution is -0.118. The van der Waals surface area contributed by atoms with Crippen LogP contribution in [-0.4, -0.2) is 20.2 Å². The topological polar surface area (TPSA) is 26.3 Å². The average molecular weight is 315 g/mol. The van der Waals surface area contributed by atoms with Gasteiger partial charge in [0, 0.05) is 12.0 Å². The summed E-state index contributed by atoms with van der Waals surface area (Å²) in [5.74, 6) is 6.12. The van der Waals surface area contributed by atoms with Crippen molar-refractivity contribution in [3.8, 4) is 11.8 Å². The molecule has 22 heavy (non-hydrogen) atoms. The molecule has 0 spiro atoms. The van der Waals surface area contributed by atoms with E-state index < -0.39 is 13.9 Å². The third kappa shape index (κ3) is 4.69. The van der Waals surface area contributed by atoms with Crippen molar-refractivity contribution in [1.82, 2.24) is 0 Å². The van der Waals surface area contributed by atoms with Crippen molar-refractivity contribution in [3.05, 3.63) is 48.6 Å². The smallest absolute Gasteiger partial charge is 0.194 e. The second-order valence-corrected chi connectivity index (χ2v) is 11.7. The van der Waals surface area contributed by atoms with E-state index in [0.717, 1.165) is 11.8 Å². The zero-order valence-electron chi connectivity index (χ0n) is 14.3. The largest absolute Gasteiger partial charge is 0.395 e. The third-order valence-corrected chi connectivity index (χ3v) is 8.56. The molecule has 0 saturated carbocycles. The highest BCUT2D eigenvalue weighted by Crippen LogP contribution is 2.39. The first-order chi connectivity index (χ1) is 10.2. The molecule has 0 amide bonds. The Morgan fingerprint density at radius 3 is 2.27 bits per heavy atom. The van der Waals surface area contributed by atoms with Crippen LogP contribution in [0.2, 0.25) is 18.1 Å². The van der Waals surface area contributed by atoms with Crippen LogP contribution in [0.25, 0.3) is 0 Å². The molecule has 0 saturated heterocycles. The fraction of sp³-hybridized carbons (Fsp3) is 0.421. The lowest BCUT2D eigenvalue weighted by Gasteiger charge is -2.41. The fourth-order valence-electron chi connectivity index (χ4n) is 1.74. The Morgan fingerprint density at radius 2 is 1.82 bits per heavy atom. The lowest BCUT2D eigenvalue weighted by Crippen LogP contribution is -2.50. The van der Waals surface area contributed by atoms with Crippen LogP contribution in [0.4, 0.5) is 0 Å². The Bertz CT molecular complexity index is 573. The maximum Gasteiger partial charge on any atom is 0.194 e. The summed E-state index contributed by atoms with van der Waals surface area (Å²) in [5.41, 5.74) is -0.239. The van der Waals surface area contributed by atoms with Crippen LogP contribution in [0.3, 0.4) is 0 Å². The van der Waals surface area contributed by atoms with Crippen LogP contribution >= 0.6 is 0 Å². The molecular formula is C19H26O2Si. The molecule has 0 aliphatic heterocycles. The van der Waals surface area contributed by atoms with Crippen molar-refractivity contribution in [1.29, 1.82) is 0 Å². The molecule has 118 valence electrons. The van der Waals surface area contributed by atoms with E-state index >= 15 is 0 Å². The van der Waals surface area contributed by atoms with E-state index in [9.17, 15) is 4.79 Å². The van der Waals surface area contributed by atoms with Gasteiger partial charge in [0.25, 0.3) is 0 Å². The van der Waals surface area contributed by atoms with Gasteiger partial charge in [-0.3, -0.25) is 4.79 Å². The Balaban J connectivity index is 3.19. The van der Waals surface area contributed by atoms with Crippen LogP contribution in [-0.2, 0) is 9.22 Å². The monoisotopic (exact) mass is 314 g/mol. The van der Waals surface area contributed by atoms with Gasteiger partial charge in [-0.15, -0.1) is 6.58 Å². The molecule has 1 aromatic rings. The molecule has 0 bridgehead atoms. The fourth-order valence-corrected chi connectivity index (χ4v) is 3.14. The standard InChI is InChI=1S/C19H26O2Si/c1-7-14-19(16-20,21-22(5,6)18(2,3)4)15-13-17-11-9-8-10-12-17/h7-12,16H,1,14H2,2-6H3. The van der Waals surface area contributed by atoms with Crippen molar-refractivity contribution in [2.75, 3.05) is 0 Å². The highest BCUT2D eigenvalue weighted by atomic mass is 28.4. The van der Waals surface area contributed by atoms with E-state index in [-0.39, 0.29) is 5.04 Å². The van der Waals surface area contributed by atoms with Crippen molar-refractivity contribution in [2.24, 2.45) is 0 Å². The minimum atomic E-state index is -2.12. The summed E-state index contributed by atoms with van der Waals surface area (Å²) in [4.78, 5) is 11.8. The number of benzene rings is 1. The number of carbonyl (C=O) groups excluding carboxylic acids is 1. The molecule has 0 aliphatic carbocycles. The Kier molecular flexibility index (Phi) is 5.93. The predicted octanol–water partition coefficient (Wildman–Crippen LogP) is 4.57. The highest BCUT2D eigenvalue weighted by molar-refractivity contribution is 6.74. The molecule has 0 radical (unpaired) electrons. The molecule has 0 heterocycles. The second-order valence-electron chi connectivity index (χ2n) is 6.98. The molecule has 0 aliphatic rings. The zero-order valence-corrected chi connectivity index (χ0v) is 15.3. The van der Waals surface area contributed by atoms with E-state index in [1.54, 1.807) is 6.08 Å². The van der Waals surface area contributed by atoms with Crippen molar-refractivity contribution in [2.45, 2.75) is 50.9 Å². The molecular weight excluding hydrogens is 288 g/mol. The molecule has 0 fully saturated rings. The Morgan fingerprint density at radius 1 is 1.23 bits per heavy atom. The van der Waals surface area contributed by atoms with Gasteiger partial charge < -0.3 is 4.43 Å². The van der Waals surface area contributed by atoms with Crippen molar-refractivity contribution in [3.63, 3.8) is 0 Å². The van der Waals surface area contributed by atoms with Crippen LogP contribution in [0.15, 0.2) is 43.0 Å². The van der Waals surface area contributed by atoms with Crippen molar-refractivity contribution >= 4 is 14.6 Å². The summed E-state index contributed by atoms with van der Waals surface area (Å²) in [7, 11) is -2.12. The third-order valence-electron chi connectivity index (χ3n) is 4.07. The number of rotatable bonds is 5.